The summed E-state index contributed by atoms with van der Waals surface area (Å²) in [7, 11) is 1.80. The summed E-state index contributed by atoms with van der Waals surface area (Å²) in [5, 5.41) is 9.05. The molecule has 0 aromatic heterocycles. The molecule has 1 aromatic carbocycles. The quantitative estimate of drug-likeness (QED) is 0.673. The summed E-state index contributed by atoms with van der Waals surface area (Å²) >= 11 is 0. The van der Waals surface area contributed by atoms with Crippen molar-refractivity contribution < 1.29 is 19.4 Å². The molecule has 0 spiro atoms. The second-order valence-corrected chi connectivity index (χ2v) is 5.35. The van der Waals surface area contributed by atoms with Crippen molar-refractivity contribution in [2.75, 3.05) is 20.3 Å². The number of carboxylic acids is 1. The van der Waals surface area contributed by atoms with E-state index in [2.05, 4.69) is 6.92 Å². The van der Waals surface area contributed by atoms with Crippen LogP contribution < -0.4 is 9.47 Å². The minimum atomic E-state index is -0.827. The van der Waals surface area contributed by atoms with Gasteiger partial charge >= 0.3 is 5.97 Å². The van der Waals surface area contributed by atoms with Gasteiger partial charge in [0.05, 0.1) is 13.2 Å². The van der Waals surface area contributed by atoms with Crippen LogP contribution in [0.5, 0.6) is 11.5 Å². The second-order valence-electron chi connectivity index (χ2n) is 5.35. The number of ether oxygens (including phenoxy) is 2. The van der Waals surface area contributed by atoms with E-state index >= 15 is 0 Å². The maximum absolute atomic E-state index is 11.0. The highest BCUT2D eigenvalue weighted by molar-refractivity contribution is 5.72. The molecule has 0 aliphatic carbocycles. The Morgan fingerprint density at radius 3 is 2.59 bits per heavy atom. The summed E-state index contributed by atoms with van der Waals surface area (Å²) in [4.78, 5) is 12.8. The first kappa shape index (κ1) is 18.3. The van der Waals surface area contributed by atoms with Gasteiger partial charge < -0.3 is 14.6 Å². The number of benzene rings is 1. The average molecular weight is 309 g/mol. The molecule has 0 amide bonds. The number of aliphatic carboxylic acids is 1. The van der Waals surface area contributed by atoms with Crippen LogP contribution in [0.2, 0.25) is 0 Å². The zero-order valence-corrected chi connectivity index (χ0v) is 14.0. The first-order valence-electron chi connectivity index (χ1n) is 7.81. The summed E-state index contributed by atoms with van der Waals surface area (Å²) in [5.74, 6) is 0.632. The third kappa shape index (κ3) is 5.56. The average Bonchev–Trinajstić information content (AvgIpc) is 2.49. The molecule has 0 heterocycles. The van der Waals surface area contributed by atoms with Crippen molar-refractivity contribution in [2.24, 2.45) is 0 Å². The molecule has 0 radical (unpaired) electrons. The monoisotopic (exact) mass is 309 g/mol. The molecule has 1 rings (SSSR count). The van der Waals surface area contributed by atoms with E-state index in [1.54, 1.807) is 18.9 Å². The van der Waals surface area contributed by atoms with Crippen LogP contribution in [-0.4, -0.2) is 42.3 Å². The molecule has 0 saturated carbocycles. The van der Waals surface area contributed by atoms with Gasteiger partial charge in [-0.05, 0) is 45.0 Å². The predicted octanol–water partition coefficient (Wildman–Crippen LogP) is 3.17. The van der Waals surface area contributed by atoms with E-state index in [1.807, 2.05) is 25.1 Å². The third-order valence-electron chi connectivity index (χ3n) is 3.51. The van der Waals surface area contributed by atoms with Crippen LogP contribution in [0, 0.1) is 0 Å². The van der Waals surface area contributed by atoms with Crippen LogP contribution >= 0.6 is 0 Å². The highest BCUT2D eigenvalue weighted by atomic mass is 16.5. The summed E-state index contributed by atoms with van der Waals surface area (Å²) < 4.78 is 11.4. The van der Waals surface area contributed by atoms with Gasteiger partial charge in [0.2, 0.25) is 0 Å². The normalized spacial score (nSPS) is 12.2. The first-order chi connectivity index (χ1) is 10.5. The molecule has 22 heavy (non-hydrogen) atoms. The minimum absolute atomic E-state index is 0.531. The lowest BCUT2D eigenvalue weighted by Gasteiger charge is -2.22. The zero-order valence-electron chi connectivity index (χ0n) is 14.0. The van der Waals surface area contributed by atoms with Crippen molar-refractivity contribution in [2.45, 2.75) is 46.2 Å². The Labute approximate surface area is 132 Å². The first-order valence-corrected chi connectivity index (χ1v) is 7.81. The van der Waals surface area contributed by atoms with E-state index in [0.29, 0.717) is 25.5 Å². The van der Waals surface area contributed by atoms with Gasteiger partial charge in [-0.3, -0.25) is 9.69 Å². The number of nitrogens with zero attached hydrogens (tertiary/aromatic N) is 1. The largest absolute Gasteiger partial charge is 0.490 e. The van der Waals surface area contributed by atoms with Gasteiger partial charge in [-0.2, -0.15) is 0 Å². The van der Waals surface area contributed by atoms with E-state index in [4.69, 9.17) is 14.6 Å². The van der Waals surface area contributed by atoms with E-state index in [0.717, 1.165) is 24.2 Å². The van der Waals surface area contributed by atoms with Crippen molar-refractivity contribution in [3.8, 4) is 11.5 Å². The van der Waals surface area contributed by atoms with Gasteiger partial charge in [-0.15, -0.1) is 0 Å². The summed E-state index contributed by atoms with van der Waals surface area (Å²) in [6.07, 6.45) is 2.09. The number of carboxylic acid groups (broad SMARTS) is 1. The van der Waals surface area contributed by atoms with Gasteiger partial charge in [0, 0.05) is 6.54 Å². The van der Waals surface area contributed by atoms with Gasteiger partial charge in [-0.1, -0.05) is 19.4 Å². The highest BCUT2D eigenvalue weighted by Gasteiger charge is 2.17. The van der Waals surface area contributed by atoms with Crippen molar-refractivity contribution in [3.05, 3.63) is 23.8 Å². The van der Waals surface area contributed by atoms with E-state index in [-0.39, 0.29) is 0 Å². The van der Waals surface area contributed by atoms with E-state index in [1.165, 1.54) is 0 Å². The van der Waals surface area contributed by atoms with Gasteiger partial charge in [0.25, 0.3) is 0 Å². The SMILES string of the molecule is CCCCOc1ccc(CN(C)C(C)C(=O)O)cc1OCC. The van der Waals surface area contributed by atoms with Crippen molar-refractivity contribution in [3.63, 3.8) is 0 Å². The van der Waals surface area contributed by atoms with Gasteiger partial charge in [0.1, 0.15) is 6.04 Å². The van der Waals surface area contributed by atoms with Crippen LogP contribution in [0.3, 0.4) is 0 Å². The molecule has 5 nitrogen and oxygen atoms in total. The molecule has 1 atom stereocenters. The Kier molecular flexibility index (Phi) is 7.74. The smallest absolute Gasteiger partial charge is 0.320 e. The molecule has 0 fully saturated rings. The topological polar surface area (TPSA) is 59.0 Å². The molecule has 0 aliphatic rings. The fourth-order valence-corrected chi connectivity index (χ4v) is 1.98. The van der Waals surface area contributed by atoms with Crippen molar-refractivity contribution in [1.29, 1.82) is 0 Å². The molecular formula is C17H27NO4. The molecule has 0 bridgehead atoms. The lowest BCUT2D eigenvalue weighted by atomic mass is 10.1. The third-order valence-corrected chi connectivity index (χ3v) is 3.51. The van der Waals surface area contributed by atoms with Crippen LogP contribution in [0.15, 0.2) is 18.2 Å². The molecular weight excluding hydrogens is 282 g/mol. The Hall–Kier alpha value is -1.75. The van der Waals surface area contributed by atoms with Crippen molar-refractivity contribution in [1.82, 2.24) is 4.90 Å². The lowest BCUT2D eigenvalue weighted by molar-refractivity contribution is -0.142. The molecule has 1 unspecified atom stereocenters. The van der Waals surface area contributed by atoms with Crippen LogP contribution in [0.1, 0.15) is 39.2 Å². The molecule has 5 heteroatoms. The molecule has 1 aromatic rings. The number of hydrogen-bond donors (Lipinski definition) is 1. The van der Waals surface area contributed by atoms with Crippen LogP contribution in [0.4, 0.5) is 0 Å². The zero-order chi connectivity index (χ0) is 16.5. The molecule has 124 valence electrons. The summed E-state index contributed by atoms with van der Waals surface area (Å²) in [6.45, 7) is 7.51. The predicted molar refractivity (Wildman–Crippen MR) is 86.6 cm³/mol. The molecule has 1 N–H and O–H groups in total. The van der Waals surface area contributed by atoms with Crippen LogP contribution in [0.25, 0.3) is 0 Å². The second kappa shape index (κ2) is 9.30. The number of likely N-dealkylation sites (N-methyl/N-ethyl adjacent to an activating group) is 1. The number of unbranched alkanes of at least 4 members (excludes halogenated alkanes) is 1. The molecule has 0 aliphatic heterocycles. The number of hydrogen-bond acceptors (Lipinski definition) is 4. The number of carbonyl (C=O) groups is 1. The Balaban J connectivity index is 2.80. The highest BCUT2D eigenvalue weighted by Crippen LogP contribution is 2.29. The van der Waals surface area contributed by atoms with E-state index in [9.17, 15) is 4.79 Å². The fourth-order valence-electron chi connectivity index (χ4n) is 1.98. The standard InChI is InChI=1S/C17H27NO4/c1-5-7-10-22-15-9-8-14(11-16(15)21-6-2)12-18(4)13(3)17(19)20/h8-9,11,13H,5-7,10,12H2,1-4H3,(H,19,20). The van der Waals surface area contributed by atoms with E-state index < -0.39 is 12.0 Å². The van der Waals surface area contributed by atoms with Crippen molar-refractivity contribution >= 4 is 5.97 Å². The lowest BCUT2D eigenvalue weighted by Crippen LogP contribution is -2.35. The Bertz CT molecular complexity index is 476. The van der Waals surface area contributed by atoms with Gasteiger partial charge in [0.15, 0.2) is 11.5 Å². The Morgan fingerprint density at radius 2 is 2.00 bits per heavy atom. The Morgan fingerprint density at radius 1 is 1.27 bits per heavy atom. The maximum Gasteiger partial charge on any atom is 0.320 e. The fraction of sp³-hybridized carbons (Fsp3) is 0.588. The molecule has 0 saturated heterocycles. The minimum Gasteiger partial charge on any atom is -0.490 e. The summed E-state index contributed by atoms with van der Waals surface area (Å²) in [5.41, 5.74) is 1.00. The maximum atomic E-state index is 11.0. The van der Waals surface area contributed by atoms with Crippen LogP contribution in [-0.2, 0) is 11.3 Å². The number of rotatable bonds is 10. The van der Waals surface area contributed by atoms with Gasteiger partial charge in [-0.25, -0.2) is 0 Å². The summed E-state index contributed by atoms with van der Waals surface area (Å²) in [6, 6.07) is 5.25.